The molecular weight excluding hydrogens is 344 g/mol. The van der Waals surface area contributed by atoms with Gasteiger partial charge >= 0.3 is 12.4 Å². The molecule has 1 aromatic rings. The van der Waals surface area contributed by atoms with Crippen LogP contribution in [0.15, 0.2) is 36.1 Å². The molecule has 2 unspecified atom stereocenters. The molecule has 2 aliphatic rings. The van der Waals surface area contributed by atoms with E-state index in [0.717, 1.165) is 30.9 Å². The molecule has 1 fully saturated rings. The summed E-state index contributed by atoms with van der Waals surface area (Å²) in [5, 5.41) is 0. The number of likely N-dealkylation sites (tertiary alicyclic amines) is 1. The first-order chi connectivity index (χ1) is 12.5. The number of fused-ring (bicyclic) bond motifs is 1. The fraction of sp³-hybridized carbons (Fsp3) is 0.526. The number of rotatable bonds is 4. The van der Waals surface area contributed by atoms with Gasteiger partial charge in [0.05, 0.1) is 14.2 Å². The van der Waals surface area contributed by atoms with E-state index in [1.165, 1.54) is 0 Å². The maximum Gasteiger partial charge on any atom is 0.378 e. The smallest absolute Gasteiger partial charge is 0.378 e. The molecule has 2 atom stereocenters. The highest BCUT2D eigenvalue weighted by Crippen LogP contribution is 2.34. The maximum absolute atomic E-state index is 12.0. The first-order valence-corrected chi connectivity index (χ1v) is 8.54. The number of hydrogen-bond acceptors (Lipinski definition) is 5. The van der Waals surface area contributed by atoms with Crippen molar-refractivity contribution in [1.29, 1.82) is 0 Å². The Bertz CT molecular complexity index is 613. The van der Waals surface area contributed by atoms with Gasteiger partial charge in [-0.2, -0.15) is 8.78 Å². The number of allylic oxidation sites excluding steroid dienone is 1. The number of para-hydroxylation sites is 2. The van der Waals surface area contributed by atoms with Gasteiger partial charge in [-0.1, -0.05) is 12.1 Å². The van der Waals surface area contributed by atoms with Crippen LogP contribution in [0.2, 0.25) is 0 Å². The predicted octanol–water partition coefficient (Wildman–Crippen LogP) is 3.50. The second kappa shape index (κ2) is 9.52. The van der Waals surface area contributed by atoms with E-state index in [2.05, 4.69) is 9.64 Å². The number of ether oxygens (including phenoxy) is 3. The van der Waals surface area contributed by atoms with Crippen LogP contribution in [0.1, 0.15) is 19.3 Å². The fourth-order valence-electron chi connectivity index (χ4n) is 3.28. The molecule has 7 heteroatoms. The molecule has 0 amide bonds. The Morgan fingerprint density at radius 3 is 2.31 bits per heavy atom. The van der Waals surface area contributed by atoms with Crippen molar-refractivity contribution in [3.63, 3.8) is 0 Å². The SMILES string of the molecule is CN1CCC2CCC(OC(=O)C(F)F)=CC21.COc1ccccc1OC. The lowest BCUT2D eigenvalue weighted by atomic mass is 9.89. The van der Waals surface area contributed by atoms with Crippen molar-refractivity contribution in [2.45, 2.75) is 31.7 Å². The van der Waals surface area contributed by atoms with E-state index in [1.807, 2.05) is 37.4 Å². The first-order valence-electron chi connectivity index (χ1n) is 8.54. The lowest BCUT2D eigenvalue weighted by Crippen LogP contribution is -2.30. The van der Waals surface area contributed by atoms with Crippen LogP contribution >= 0.6 is 0 Å². The van der Waals surface area contributed by atoms with Crippen molar-refractivity contribution in [3.05, 3.63) is 36.1 Å². The molecule has 0 bridgehead atoms. The van der Waals surface area contributed by atoms with Crippen LogP contribution in [-0.4, -0.2) is 51.1 Å². The second-order valence-corrected chi connectivity index (χ2v) is 6.27. The van der Waals surface area contributed by atoms with E-state index < -0.39 is 12.4 Å². The van der Waals surface area contributed by atoms with Gasteiger partial charge in [0.25, 0.3) is 0 Å². The van der Waals surface area contributed by atoms with Crippen LogP contribution in [0.5, 0.6) is 11.5 Å². The number of benzene rings is 1. The molecule has 0 saturated carbocycles. The zero-order chi connectivity index (χ0) is 19.1. The van der Waals surface area contributed by atoms with Crippen LogP contribution in [-0.2, 0) is 9.53 Å². The number of carbonyl (C=O) groups is 1. The van der Waals surface area contributed by atoms with Gasteiger partial charge in [-0.05, 0) is 50.6 Å². The largest absolute Gasteiger partial charge is 0.493 e. The Labute approximate surface area is 152 Å². The van der Waals surface area contributed by atoms with Gasteiger partial charge in [-0.15, -0.1) is 0 Å². The third-order valence-corrected chi connectivity index (χ3v) is 4.66. The zero-order valence-corrected chi connectivity index (χ0v) is 15.3. The Hall–Kier alpha value is -2.15. The normalized spacial score (nSPS) is 22.0. The number of likely N-dealkylation sites (N-methyl/N-ethyl adjacent to an activating group) is 1. The number of esters is 1. The summed E-state index contributed by atoms with van der Waals surface area (Å²) < 4.78 is 38.7. The van der Waals surface area contributed by atoms with E-state index >= 15 is 0 Å². The molecule has 3 rings (SSSR count). The molecule has 26 heavy (non-hydrogen) atoms. The molecule has 0 N–H and O–H groups in total. The number of halogens is 2. The highest BCUT2D eigenvalue weighted by Gasteiger charge is 2.34. The van der Waals surface area contributed by atoms with Gasteiger partial charge in [0, 0.05) is 12.5 Å². The minimum absolute atomic E-state index is 0.245. The van der Waals surface area contributed by atoms with Crippen molar-refractivity contribution >= 4 is 5.97 Å². The van der Waals surface area contributed by atoms with Gasteiger partial charge < -0.3 is 14.2 Å². The Kier molecular flexibility index (Phi) is 7.38. The number of nitrogens with zero attached hydrogens (tertiary/aromatic N) is 1. The first kappa shape index (κ1) is 20.2. The summed E-state index contributed by atoms with van der Waals surface area (Å²) in [4.78, 5) is 12.9. The number of hydrogen-bond donors (Lipinski definition) is 0. The average molecular weight is 369 g/mol. The standard InChI is InChI=1S/C11H15F2NO2.C8H10O2/c1-14-5-4-7-2-3-8(6-9(7)14)16-11(15)10(12)13;1-9-7-5-3-4-6-8(7)10-2/h6-7,9-10H,2-5H2,1H3;3-6H,1-2H3. The summed E-state index contributed by atoms with van der Waals surface area (Å²) >= 11 is 0. The van der Waals surface area contributed by atoms with Crippen LogP contribution in [0.3, 0.4) is 0 Å². The van der Waals surface area contributed by atoms with Crippen LogP contribution in [0.4, 0.5) is 8.78 Å². The van der Waals surface area contributed by atoms with E-state index in [-0.39, 0.29) is 6.04 Å². The van der Waals surface area contributed by atoms with Crippen molar-refractivity contribution in [2.75, 3.05) is 27.8 Å². The maximum atomic E-state index is 12.0. The molecular formula is C19H25F2NO4. The summed E-state index contributed by atoms with van der Waals surface area (Å²) in [6.45, 7) is 1.02. The molecule has 0 spiro atoms. The average Bonchev–Trinajstić information content (AvgIpc) is 3.02. The zero-order valence-electron chi connectivity index (χ0n) is 15.3. The fourth-order valence-corrected chi connectivity index (χ4v) is 3.28. The van der Waals surface area contributed by atoms with E-state index in [0.29, 0.717) is 18.1 Å². The Morgan fingerprint density at radius 2 is 1.77 bits per heavy atom. The lowest BCUT2D eigenvalue weighted by Gasteiger charge is -2.27. The molecule has 0 radical (unpaired) electrons. The minimum atomic E-state index is -3.04. The molecule has 144 valence electrons. The Balaban J connectivity index is 0.000000209. The topological polar surface area (TPSA) is 48.0 Å². The van der Waals surface area contributed by atoms with Crippen molar-refractivity contribution in [3.8, 4) is 11.5 Å². The molecule has 1 aliphatic heterocycles. The number of alkyl halides is 2. The summed E-state index contributed by atoms with van der Waals surface area (Å²) in [5.74, 6) is 1.08. The monoisotopic (exact) mass is 369 g/mol. The van der Waals surface area contributed by atoms with E-state index in [9.17, 15) is 13.6 Å². The molecule has 1 aliphatic carbocycles. The summed E-state index contributed by atoms with van der Waals surface area (Å²) in [6, 6.07) is 7.77. The number of carbonyl (C=O) groups excluding carboxylic acids is 1. The van der Waals surface area contributed by atoms with Crippen molar-refractivity contribution in [1.82, 2.24) is 4.90 Å². The predicted molar refractivity (Wildman–Crippen MR) is 93.5 cm³/mol. The molecule has 1 heterocycles. The van der Waals surface area contributed by atoms with E-state index in [1.54, 1.807) is 14.2 Å². The second-order valence-electron chi connectivity index (χ2n) is 6.27. The third-order valence-electron chi connectivity index (χ3n) is 4.66. The number of methoxy groups -OCH3 is 2. The van der Waals surface area contributed by atoms with Gasteiger partial charge in [0.1, 0.15) is 5.76 Å². The Morgan fingerprint density at radius 1 is 1.15 bits per heavy atom. The summed E-state index contributed by atoms with van der Waals surface area (Å²) in [5.41, 5.74) is 0. The molecule has 1 aromatic carbocycles. The van der Waals surface area contributed by atoms with Crippen molar-refractivity contribution < 1.29 is 27.8 Å². The highest BCUT2D eigenvalue weighted by atomic mass is 19.3. The molecule has 0 aromatic heterocycles. The van der Waals surface area contributed by atoms with Gasteiger partial charge in [-0.25, -0.2) is 4.79 Å². The highest BCUT2D eigenvalue weighted by molar-refractivity contribution is 5.73. The van der Waals surface area contributed by atoms with Crippen LogP contribution in [0, 0.1) is 5.92 Å². The summed E-state index contributed by atoms with van der Waals surface area (Å²) in [7, 11) is 5.24. The molecule has 1 saturated heterocycles. The molecule has 5 nitrogen and oxygen atoms in total. The van der Waals surface area contributed by atoms with Gasteiger partial charge in [0.2, 0.25) is 0 Å². The van der Waals surface area contributed by atoms with Crippen molar-refractivity contribution in [2.24, 2.45) is 5.92 Å². The van der Waals surface area contributed by atoms with E-state index in [4.69, 9.17) is 9.47 Å². The quantitative estimate of drug-likeness (QED) is 0.761. The van der Waals surface area contributed by atoms with Gasteiger partial charge in [-0.3, -0.25) is 4.90 Å². The van der Waals surface area contributed by atoms with Gasteiger partial charge in [0.15, 0.2) is 11.5 Å². The van der Waals surface area contributed by atoms with Crippen LogP contribution < -0.4 is 9.47 Å². The lowest BCUT2D eigenvalue weighted by molar-refractivity contribution is -0.152. The third kappa shape index (κ3) is 5.17. The minimum Gasteiger partial charge on any atom is -0.493 e. The summed E-state index contributed by atoms with van der Waals surface area (Å²) in [6.07, 6.45) is 1.42. The van der Waals surface area contributed by atoms with Crippen LogP contribution in [0.25, 0.3) is 0 Å².